The fourth-order valence-electron chi connectivity index (χ4n) is 3.09. The monoisotopic (exact) mass is 456 g/mol. The van der Waals surface area contributed by atoms with Gasteiger partial charge in [0.25, 0.3) is 11.8 Å². The predicted octanol–water partition coefficient (Wildman–Crippen LogP) is 4.89. The van der Waals surface area contributed by atoms with Crippen LogP contribution < -0.4 is 19.7 Å². The molecule has 0 unspecified atom stereocenters. The Kier molecular flexibility index (Phi) is 7.20. The second kappa shape index (κ2) is 9.87. The maximum absolute atomic E-state index is 13.1. The average molecular weight is 457 g/mol. The van der Waals surface area contributed by atoms with E-state index in [1.807, 2.05) is 27.7 Å². The van der Waals surface area contributed by atoms with Gasteiger partial charge < -0.3 is 9.47 Å². The van der Waals surface area contributed by atoms with Crippen LogP contribution in [0.3, 0.4) is 0 Å². The van der Waals surface area contributed by atoms with Gasteiger partial charge in [0.2, 0.25) is 0 Å². The van der Waals surface area contributed by atoms with Crippen molar-refractivity contribution in [3.63, 3.8) is 0 Å². The molecule has 32 heavy (non-hydrogen) atoms. The van der Waals surface area contributed by atoms with Crippen LogP contribution in [0.25, 0.3) is 6.08 Å². The number of ether oxygens (including phenoxy) is 2. The van der Waals surface area contributed by atoms with Gasteiger partial charge in [0, 0.05) is 0 Å². The number of benzene rings is 2. The van der Waals surface area contributed by atoms with E-state index >= 15 is 0 Å². The number of hydrogen-bond acceptors (Lipinski definition) is 5. The van der Waals surface area contributed by atoms with Crippen molar-refractivity contribution in [2.24, 2.45) is 0 Å². The molecule has 0 radical (unpaired) electrons. The molecule has 7 nitrogen and oxygen atoms in total. The molecule has 1 fully saturated rings. The number of carbonyl (C=O) groups is 3. The topological polar surface area (TPSA) is 84.9 Å². The van der Waals surface area contributed by atoms with E-state index in [1.165, 1.54) is 6.08 Å². The van der Waals surface area contributed by atoms with Crippen LogP contribution in [-0.4, -0.2) is 30.6 Å². The van der Waals surface area contributed by atoms with Crippen molar-refractivity contribution in [2.75, 3.05) is 11.5 Å². The lowest BCUT2D eigenvalue weighted by Gasteiger charge is -2.26. The Labute approximate surface area is 191 Å². The third-order valence-electron chi connectivity index (χ3n) is 4.93. The van der Waals surface area contributed by atoms with Gasteiger partial charge in [0.15, 0.2) is 11.5 Å². The van der Waals surface area contributed by atoms with Crippen LogP contribution in [0.15, 0.2) is 42.0 Å². The Morgan fingerprint density at radius 1 is 1.12 bits per heavy atom. The zero-order valence-electron chi connectivity index (χ0n) is 18.4. The smallest absolute Gasteiger partial charge is 0.335 e. The number of aryl methyl sites for hydroxylation is 1. The number of rotatable bonds is 7. The summed E-state index contributed by atoms with van der Waals surface area (Å²) in [6.45, 7) is 8.01. The Morgan fingerprint density at radius 2 is 1.81 bits per heavy atom. The molecule has 3 rings (SSSR count). The molecule has 2 aromatic carbocycles. The standard InChI is InChI=1S/C24H25ClN2O5/c1-5-15(4)32-21-19(25)12-16(13-20(21)31-6-2)11-18-22(28)26-24(30)27(23(18)29)17-9-7-14(3)8-10-17/h7-13,15H,5-6H2,1-4H3,(H,26,28,30)/b18-11+/t15-/m0/s1. The summed E-state index contributed by atoms with van der Waals surface area (Å²) in [5.74, 6) is -0.697. The zero-order chi connectivity index (χ0) is 23.4. The number of imide groups is 2. The lowest BCUT2D eigenvalue weighted by atomic mass is 10.1. The minimum absolute atomic E-state index is 0.0734. The van der Waals surface area contributed by atoms with E-state index in [0.717, 1.165) is 16.9 Å². The van der Waals surface area contributed by atoms with E-state index in [1.54, 1.807) is 36.4 Å². The summed E-state index contributed by atoms with van der Waals surface area (Å²) in [6.07, 6.45) is 2.09. The quantitative estimate of drug-likeness (QED) is 0.473. The highest BCUT2D eigenvalue weighted by Gasteiger charge is 2.36. The molecule has 1 N–H and O–H groups in total. The first-order chi connectivity index (χ1) is 15.2. The van der Waals surface area contributed by atoms with Gasteiger partial charge in [-0.3, -0.25) is 14.9 Å². The normalized spacial score (nSPS) is 16.2. The molecule has 1 aliphatic heterocycles. The fourth-order valence-corrected chi connectivity index (χ4v) is 3.35. The summed E-state index contributed by atoms with van der Waals surface area (Å²) in [7, 11) is 0. The van der Waals surface area contributed by atoms with Crippen molar-refractivity contribution >= 4 is 41.2 Å². The molecular weight excluding hydrogens is 432 g/mol. The lowest BCUT2D eigenvalue weighted by molar-refractivity contribution is -0.122. The molecule has 2 aromatic rings. The molecular formula is C24H25ClN2O5. The molecule has 1 atom stereocenters. The van der Waals surface area contributed by atoms with Gasteiger partial charge >= 0.3 is 6.03 Å². The summed E-state index contributed by atoms with van der Waals surface area (Å²) in [5, 5.41) is 2.50. The molecule has 0 saturated carbocycles. The van der Waals surface area contributed by atoms with Crippen LogP contribution in [0.5, 0.6) is 11.5 Å². The Hall–Kier alpha value is -3.32. The zero-order valence-corrected chi connectivity index (χ0v) is 19.2. The van der Waals surface area contributed by atoms with Gasteiger partial charge in [-0.05, 0) is 63.1 Å². The van der Waals surface area contributed by atoms with Crippen LogP contribution in [0, 0.1) is 6.92 Å². The van der Waals surface area contributed by atoms with Crippen LogP contribution in [-0.2, 0) is 9.59 Å². The van der Waals surface area contributed by atoms with Crippen LogP contribution in [0.4, 0.5) is 10.5 Å². The first-order valence-corrected chi connectivity index (χ1v) is 10.7. The van der Waals surface area contributed by atoms with Crippen molar-refractivity contribution < 1.29 is 23.9 Å². The molecule has 0 aromatic heterocycles. The van der Waals surface area contributed by atoms with Gasteiger partial charge in [-0.15, -0.1) is 0 Å². The maximum atomic E-state index is 13.1. The summed E-state index contributed by atoms with van der Waals surface area (Å²) >= 11 is 6.44. The average Bonchev–Trinajstić information content (AvgIpc) is 2.74. The van der Waals surface area contributed by atoms with Crippen LogP contribution in [0.1, 0.15) is 38.3 Å². The highest BCUT2D eigenvalue weighted by Crippen LogP contribution is 2.38. The number of nitrogens with one attached hydrogen (secondary N) is 1. The van der Waals surface area contributed by atoms with Gasteiger partial charge in [0.1, 0.15) is 5.57 Å². The van der Waals surface area contributed by atoms with E-state index in [9.17, 15) is 14.4 Å². The van der Waals surface area contributed by atoms with E-state index in [-0.39, 0.29) is 11.7 Å². The number of urea groups is 1. The van der Waals surface area contributed by atoms with E-state index in [0.29, 0.717) is 34.4 Å². The van der Waals surface area contributed by atoms with E-state index < -0.39 is 17.8 Å². The second-order valence-corrected chi connectivity index (χ2v) is 7.80. The van der Waals surface area contributed by atoms with Crippen molar-refractivity contribution in [3.8, 4) is 11.5 Å². The van der Waals surface area contributed by atoms with Crippen molar-refractivity contribution in [2.45, 2.75) is 40.2 Å². The Morgan fingerprint density at radius 3 is 2.44 bits per heavy atom. The Bertz CT molecular complexity index is 1080. The number of halogens is 1. The number of nitrogens with zero attached hydrogens (tertiary/aromatic N) is 1. The highest BCUT2D eigenvalue weighted by atomic mass is 35.5. The third kappa shape index (κ3) is 4.94. The fraction of sp³-hybridized carbons (Fsp3) is 0.292. The SMILES string of the molecule is CCOc1cc(/C=C2\C(=O)NC(=O)N(c3ccc(C)cc3)C2=O)cc(Cl)c1O[C@@H](C)CC. The van der Waals surface area contributed by atoms with Gasteiger partial charge in [-0.2, -0.15) is 0 Å². The minimum Gasteiger partial charge on any atom is -0.490 e. The van der Waals surface area contributed by atoms with Crippen molar-refractivity contribution in [1.29, 1.82) is 0 Å². The number of anilines is 1. The molecule has 0 aliphatic carbocycles. The maximum Gasteiger partial charge on any atom is 0.335 e. The van der Waals surface area contributed by atoms with Crippen LogP contribution in [0.2, 0.25) is 5.02 Å². The minimum atomic E-state index is -0.800. The number of barbiturate groups is 1. The van der Waals surface area contributed by atoms with Gasteiger partial charge in [-0.1, -0.05) is 36.2 Å². The highest BCUT2D eigenvalue weighted by molar-refractivity contribution is 6.39. The summed E-state index contributed by atoms with van der Waals surface area (Å²) < 4.78 is 11.6. The number of hydrogen-bond donors (Lipinski definition) is 1. The molecule has 1 saturated heterocycles. The molecule has 4 amide bonds. The molecule has 1 heterocycles. The second-order valence-electron chi connectivity index (χ2n) is 7.39. The molecule has 0 spiro atoms. The van der Waals surface area contributed by atoms with Crippen LogP contribution >= 0.6 is 11.6 Å². The molecule has 8 heteroatoms. The molecule has 168 valence electrons. The van der Waals surface area contributed by atoms with E-state index in [2.05, 4.69) is 5.32 Å². The summed E-state index contributed by atoms with van der Waals surface area (Å²) in [6, 6.07) is 9.28. The lowest BCUT2D eigenvalue weighted by Crippen LogP contribution is -2.54. The summed E-state index contributed by atoms with van der Waals surface area (Å²) in [4.78, 5) is 38.8. The van der Waals surface area contributed by atoms with Gasteiger partial charge in [0.05, 0.1) is 23.4 Å². The summed E-state index contributed by atoms with van der Waals surface area (Å²) in [5.41, 5.74) is 1.61. The van der Waals surface area contributed by atoms with Crippen molar-refractivity contribution in [1.82, 2.24) is 5.32 Å². The first-order valence-electron chi connectivity index (χ1n) is 10.4. The first kappa shape index (κ1) is 23.3. The predicted molar refractivity (Wildman–Crippen MR) is 123 cm³/mol. The number of carbonyl (C=O) groups excluding carboxylic acids is 3. The van der Waals surface area contributed by atoms with Gasteiger partial charge in [-0.25, -0.2) is 9.69 Å². The molecule has 0 bridgehead atoms. The number of amides is 4. The van der Waals surface area contributed by atoms with E-state index in [4.69, 9.17) is 21.1 Å². The largest absolute Gasteiger partial charge is 0.490 e. The molecule has 1 aliphatic rings. The Balaban J connectivity index is 2.01. The van der Waals surface area contributed by atoms with Crippen molar-refractivity contribution in [3.05, 3.63) is 58.1 Å². The third-order valence-corrected chi connectivity index (χ3v) is 5.21.